The Morgan fingerprint density at radius 3 is 2.44 bits per heavy atom. The predicted molar refractivity (Wildman–Crippen MR) is 64.9 cm³/mol. The monoisotopic (exact) mass is 224 g/mol. The van der Waals surface area contributed by atoms with Crippen LogP contribution in [0.15, 0.2) is 0 Å². The predicted octanol–water partition coefficient (Wildman–Crippen LogP) is 1.76. The van der Waals surface area contributed by atoms with Crippen molar-refractivity contribution in [2.24, 2.45) is 17.1 Å². The molecule has 1 atom stereocenters. The van der Waals surface area contributed by atoms with Crippen LogP contribution in [0.5, 0.6) is 0 Å². The van der Waals surface area contributed by atoms with Crippen molar-refractivity contribution in [1.82, 2.24) is 4.90 Å². The van der Waals surface area contributed by atoms with Gasteiger partial charge in [-0.05, 0) is 38.5 Å². The Kier molecular flexibility index (Phi) is 3.24. The standard InChI is InChI=1S/C13H24N2O/c1-10(11-5-6-11)15(2)12(16)13(9-14)7-3-4-8-13/h10-11H,3-9,14H2,1-2H3. The molecule has 0 aromatic heterocycles. The van der Waals surface area contributed by atoms with E-state index in [1.54, 1.807) is 0 Å². The van der Waals surface area contributed by atoms with Gasteiger partial charge in [-0.25, -0.2) is 0 Å². The molecule has 0 aromatic rings. The highest BCUT2D eigenvalue weighted by molar-refractivity contribution is 5.83. The fourth-order valence-electron chi connectivity index (χ4n) is 3.01. The molecule has 3 heteroatoms. The number of amides is 1. The molecule has 0 spiro atoms. The van der Waals surface area contributed by atoms with Gasteiger partial charge in [0.05, 0.1) is 5.41 Å². The molecule has 2 rings (SSSR count). The highest BCUT2D eigenvalue weighted by Crippen LogP contribution is 2.41. The second-order valence-electron chi connectivity index (χ2n) is 5.69. The van der Waals surface area contributed by atoms with Crippen molar-refractivity contribution in [3.63, 3.8) is 0 Å². The van der Waals surface area contributed by atoms with Crippen LogP contribution in [0.4, 0.5) is 0 Å². The van der Waals surface area contributed by atoms with Gasteiger partial charge in [0.15, 0.2) is 0 Å². The first kappa shape index (κ1) is 11.9. The van der Waals surface area contributed by atoms with Crippen LogP contribution < -0.4 is 5.73 Å². The van der Waals surface area contributed by atoms with Crippen LogP contribution in [0.25, 0.3) is 0 Å². The molecule has 2 aliphatic rings. The van der Waals surface area contributed by atoms with Crippen molar-refractivity contribution >= 4 is 5.91 Å². The number of hydrogen-bond acceptors (Lipinski definition) is 2. The Morgan fingerprint density at radius 2 is 2.00 bits per heavy atom. The first-order valence-corrected chi connectivity index (χ1v) is 6.58. The molecular formula is C13H24N2O. The fourth-order valence-corrected chi connectivity index (χ4v) is 3.01. The van der Waals surface area contributed by atoms with Gasteiger partial charge in [0.25, 0.3) is 0 Å². The van der Waals surface area contributed by atoms with Gasteiger partial charge >= 0.3 is 0 Å². The molecule has 92 valence electrons. The minimum atomic E-state index is -0.224. The number of rotatable bonds is 4. The first-order valence-electron chi connectivity index (χ1n) is 6.58. The van der Waals surface area contributed by atoms with Crippen LogP contribution in [-0.2, 0) is 4.79 Å². The van der Waals surface area contributed by atoms with E-state index >= 15 is 0 Å². The third-order valence-corrected chi connectivity index (χ3v) is 4.64. The van der Waals surface area contributed by atoms with E-state index < -0.39 is 0 Å². The van der Waals surface area contributed by atoms with Gasteiger partial charge in [0, 0.05) is 19.6 Å². The summed E-state index contributed by atoms with van der Waals surface area (Å²) in [5.74, 6) is 1.04. The highest BCUT2D eigenvalue weighted by atomic mass is 16.2. The van der Waals surface area contributed by atoms with Crippen molar-refractivity contribution in [1.29, 1.82) is 0 Å². The number of nitrogens with two attached hydrogens (primary N) is 1. The lowest BCUT2D eigenvalue weighted by Gasteiger charge is -2.34. The number of nitrogens with zero attached hydrogens (tertiary/aromatic N) is 1. The molecule has 2 saturated carbocycles. The van der Waals surface area contributed by atoms with E-state index in [1.807, 2.05) is 11.9 Å². The highest BCUT2D eigenvalue weighted by Gasteiger charge is 2.44. The van der Waals surface area contributed by atoms with Crippen molar-refractivity contribution in [2.45, 2.75) is 51.5 Å². The summed E-state index contributed by atoms with van der Waals surface area (Å²) in [4.78, 5) is 14.5. The molecule has 2 N–H and O–H groups in total. The zero-order chi connectivity index (χ0) is 11.8. The second-order valence-corrected chi connectivity index (χ2v) is 5.69. The number of carbonyl (C=O) groups excluding carboxylic acids is 1. The quantitative estimate of drug-likeness (QED) is 0.791. The summed E-state index contributed by atoms with van der Waals surface area (Å²) >= 11 is 0. The van der Waals surface area contributed by atoms with Gasteiger partial charge in [-0.2, -0.15) is 0 Å². The van der Waals surface area contributed by atoms with Gasteiger partial charge in [0.1, 0.15) is 0 Å². The van der Waals surface area contributed by atoms with Crippen LogP contribution in [0, 0.1) is 11.3 Å². The minimum Gasteiger partial charge on any atom is -0.342 e. The Hall–Kier alpha value is -0.570. The lowest BCUT2D eigenvalue weighted by Crippen LogP contribution is -2.48. The first-order chi connectivity index (χ1) is 7.60. The average molecular weight is 224 g/mol. The summed E-state index contributed by atoms with van der Waals surface area (Å²) in [5.41, 5.74) is 5.63. The smallest absolute Gasteiger partial charge is 0.230 e. The second kappa shape index (κ2) is 4.36. The van der Waals surface area contributed by atoms with Gasteiger partial charge in [0.2, 0.25) is 5.91 Å². The molecule has 16 heavy (non-hydrogen) atoms. The van der Waals surface area contributed by atoms with Crippen LogP contribution in [0.1, 0.15) is 45.4 Å². The molecule has 2 fully saturated rings. The molecule has 1 amide bonds. The maximum absolute atomic E-state index is 12.5. The molecular weight excluding hydrogens is 200 g/mol. The van der Waals surface area contributed by atoms with Crippen molar-refractivity contribution in [3.05, 3.63) is 0 Å². The van der Waals surface area contributed by atoms with E-state index in [2.05, 4.69) is 6.92 Å². The number of carbonyl (C=O) groups is 1. The molecule has 0 radical (unpaired) electrons. The third kappa shape index (κ3) is 1.97. The lowest BCUT2D eigenvalue weighted by atomic mass is 9.84. The summed E-state index contributed by atoms with van der Waals surface area (Å²) < 4.78 is 0. The molecule has 0 aromatic carbocycles. The van der Waals surface area contributed by atoms with Gasteiger partial charge in [-0.1, -0.05) is 12.8 Å². The third-order valence-electron chi connectivity index (χ3n) is 4.64. The molecule has 0 saturated heterocycles. The van der Waals surface area contributed by atoms with Crippen LogP contribution in [0.2, 0.25) is 0 Å². The zero-order valence-electron chi connectivity index (χ0n) is 10.5. The number of hydrogen-bond donors (Lipinski definition) is 1. The topological polar surface area (TPSA) is 46.3 Å². The van der Waals surface area contributed by atoms with Crippen molar-refractivity contribution in [2.75, 3.05) is 13.6 Å². The van der Waals surface area contributed by atoms with E-state index in [-0.39, 0.29) is 5.41 Å². The van der Waals surface area contributed by atoms with E-state index in [0.717, 1.165) is 31.6 Å². The zero-order valence-corrected chi connectivity index (χ0v) is 10.5. The average Bonchev–Trinajstić information content (AvgIpc) is 3.04. The van der Waals surface area contributed by atoms with E-state index in [1.165, 1.54) is 12.8 Å². The van der Waals surface area contributed by atoms with Crippen molar-refractivity contribution in [3.8, 4) is 0 Å². The molecule has 3 nitrogen and oxygen atoms in total. The van der Waals surface area contributed by atoms with E-state index in [4.69, 9.17) is 5.73 Å². The Balaban J connectivity index is 2.04. The van der Waals surface area contributed by atoms with Crippen LogP contribution in [-0.4, -0.2) is 30.4 Å². The van der Waals surface area contributed by atoms with Crippen molar-refractivity contribution < 1.29 is 4.79 Å². The normalized spacial score (nSPS) is 25.4. The van der Waals surface area contributed by atoms with Crippen LogP contribution >= 0.6 is 0 Å². The molecule has 1 unspecified atom stereocenters. The fraction of sp³-hybridized carbons (Fsp3) is 0.923. The summed E-state index contributed by atoms with van der Waals surface area (Å²) in [6, 6.07) is 0.400. The largest absolute Gasteiger partial charge is 0.342 e. The maximum Gasteiger partial charge on any atom is 0.230 e. The van der Waals surface area contributed by atoms with Gasteiger partial charge in [-0.15, -0.1) is 0 Å². The van der Waals surface area contributed by atoms with E-state index in [0.29, 0.717) is 18.5 Å². The molecule has 0 heterocycles. The minimum absolute atomic E-state index is 0.224. The Bertz CT molecular complexity index is 267. The van der Waals surface area contributed by atoms with E-state index in [9.17, 15) is 4.79 Å². The molecule has 0 aliphatic heterocycles. The summed E-state index contributed by atoms with van der Waals surface area (Å²) in [7, 11) is 1.96. The Labute approximate surface area is 98.4 Å². The summed E-state index contributed by atoms with van der Waals surface area (Å²) in [6.45, 7) is 2.70. The Morgan fingerprint density at radius 1 is 1.44 bits per heavy atom. The maximum atomic E-state index is 12.5. The molecule has 2 aliphatic carbocycles. The molecule has 0 bridgehead atoms. The summed E-state index contributed by atoms with van der Waals surface area (Å²) in [5, 5.41) is 0. The lowest BCUT2D eigenvalue weighted by molar-refractivity contribution is -0.142. The SMILES string of the molecule is CC(C1CC1)N(C)C(=O)C1(CN)CCCC1. The summed E-state index contributed by atoms with van der Waals surface area (Å²) in [6.07, 6.45) is 6.88. The van der Waals surface area contributed by atoms with Crippen LogP contribution in [0.3, 0.4) is 0 Å². The van der Waals surface area contributed by atoms with Gasteiger partial charge < -0.3 is 10.6 Å². The van der Waals surface area contributed by atoms with Gasteiger partial charge in [-0.3, -0.25) is 4.79 Å².